The van der Waals surface area contributed by atoms with Gasteiger partial charge in [-0.3, -0.25) is 0 Å². The van der Waals surface area contributed by atoms with E-state index in [1.807, 2.05) is 0 Å². The van der Waals surface area contributed by atoms with Gasteiger partial charge in [-0.1, -0.05) is 0 Å². The Morgan fingerprint density at radius 1 is 1.12 bits per heavy atom. The number of aliphatic hydroxyl groups is 7. The van der Waals surface area contributed by atoms with Crippen LogP contribution < -0.4 is 0 Å². The second-order valence-corrected chi connectivity index (χ2v) is 7.52. The molecule has 10 atom stereocenters. The van der Waals surface area contributed by atoms with Crippen LogP contribution in [0.2, 0.25) is 0 Å². The minimum absolute atomic E-state index is 0.128. The van der Waals surface area contributed by atoms with Gasteiger partial charge in [0.05, 0.1) is 30.5 Å². The Labute approximate surface area is 149 Å². The van der Waals surface area contributed by atoms with Crippen molar-refractivity contribution >= 4 is 0 Å². The molecule has 0 radical (unpaired) electrons. The largest absolute Gasteiger partial charge is 0.472 e. The molecule has 10 heteroatoms. The quantitative estimate of drug-likeness (QED) is 0.267. The van der Waals surface area contributed by atoms with E-state index in [0.29, 0.717) is 5.57 Å². The van der Waals surface area contributed by atoms with Crippen LogP contribution in [0.3, 0.4) is 0 Å². The molecule has 0 bridgehead atoms. The molecule has 0 amide bonds. The molecule has 10 nitrogen and oxygen atoms in total. The molecule has 150 valence electrons. The van der Waals surface area contributed by atoms with E-state index in [9.17, 15) is 35.7 Å². The van der Waals surface area contributed by atoms with Gasteiger partial charge in [0.15, 0.2) is 6.29 Å². The molecule has 0 aromatic heterocycles. The molecule has 7 N–H and O–H groups in total. The lowest BCUT2D eigenvalue weighted by Gasteiger charge is -2.46. The lowest BCUT2D eigenvalue weighted by Crippen LogP contribution is -2.62. The summed E-state index contributed by atoms with van der Waals surface area (Å²) in [7, 11) is 0. The van der Waals surface area contributed by atoms with Crippen LogP contribution in [0.25, 0.3) is 0 Å². The van der Waals surface area contributed by atoms with Crippen molar-refractivity contribution in [1.82, 2.24) is 0 Å². The van der Waals surface area contributed by atoms with E-state index in [2.05, 4.69) is 0 Å². The molecule has 0 spiro atoms. The smallest absolute Gasteiger partial charge is 0.210 e. The van der Waals surface area contributed by atoms with E-state index in [-0.39, 0.29) is 6.42 Å². The Bertz CT molecular complexity index is 563. The molecule has 3 aliphatic rings. The first-order chi connectivity index (χ1) is 12.0. The zero-order valence-electron chi connectivity index (χ0n) is 14.5. The zero-order valence-corrected chi connectivity index (χ0v) is 14.5. The van der Waals surface area contributed by atoms with Crippen LogP contribution in [0, 0.1) is 5.92 Å². The fourth-order valence-electron chi connectivity index (χ4n) is 4.13. The summed E-state index contributed by atoms with van der Waals surface area (Å²) in [5, 5.41) is 70.9. The summed E-state index contributed by atoms with van der Waals surface area (Å²) in [5.41, 5.74) is -3.05. The van der Waals surface area contributed by atoms with Crippen molar-refractivity contribution in [2.75, 3.05) is 6.61 Å². The van der Waals surface area contributed by atoms with E-state index >= 15 is 0 Å². The SMILES string of the molecule is CC1=CO[C@@H](O[C@@H]2O[C@H](CO)[C@@H](O)[C@H](O)[C@H]2O)[C@H]2[C@]1(O)[C@H](O)C[C@]2(C)O. The van der Waals surface area contributed by atoms with Crippen molar-refractivity contribution in [2.24, 2.45) is 5.92 Å². The van der Waals surface area contributed by atoms with Crippen LogP contribution in [0.5, 0.6) is 0 Å². The van der Waals surface area contributed by atoms with Crippen LogP contribution in [0.15, 0.2) is 11.8 Å². The summed E-state index contributed by atoms with van der Waals surface area (Å²) < 4.78 is 16.3. The highest BCUT2D eigenvalue weighted by molar-refractivity contribution is 5.28. The van der Waals surface area contributed by atoms with E-state index in [4.69, 9.17) is 14.2 Å². The molecule has 0 aromatic rings. The molecule has 2 aliphatic heterocycles. The molecule has 0 unspecified atom stereocenters. The zero-order chi connectivity index (χ0) is 19.4. The van der Waals surface area contributed by atoms with Crippen molar-refractivity contribution in [2.45, 2.75) is 74.6 Å². The van der Waals surface area contributed by atoms with Crippen LogP contribution in [0.1, 0.15) is 20.3 Å². The molecule has 1 saturated heterocycles. The number of fused-ring (bicyclic) bond motifs is 1. The highest BCUT2D eigenvalue weighted by Crippen LogP contribution is 2.52. The Morgan fingerprint density at radius 2 is 1.77 bits per heavy atom. The number of hydrogen-bond acceptors (Lipinski definition) is 10. The number of hydrogen-bond donors (Lipinski definition) is 7. The standard InChI is InChI=1S/C16H26O10/c1-6-5-24-14(12-15(2,22)3-8(18)16(6,12)23)26-13-11(21)10(20)9(19)7(4-17)25-13/h5,7-14,17-23H,3-4H2,1-2H3/t7-,8-,9-,10+,11-,12-,13+,14+,15+,16-/m1/s1. The summed E-state index contributed by atoms with van der Waals surface area (Å²) in [5.74, 6) is -1.11. The monoisotopic (exact) mass is 378 g/mol. The highest BCUT2D eigenvalue weighted by atomic mass is 16.8. The number of aliphatic hydroxyl groups excluding tert-OH is 5. The third kappa shape index (κ3) is 2.86. The maximum Gasteiger partial charge on any atom is 0.210 e. The van der Waals surface area contributed by atoms with Crippen molar-refractivity contribution in [3.8, 4) is 0 Å². The predicted molar refractivity (Wildman–Crippen MR) is 83.2 cm³/mol. The summed E-state index contributed by atoms with van der Waals surface area (Å²) in [4.78, 5) is 0. The van der Waals surface area contributed by atoms with Crippen molar-refractivity contribution in [3.63, 3.8) is 0 Å². The third-order valence-corrected chi connectivity index (χ3v) is 5.66. The van der Waals surface area contributed by atoms with Crippen LogP contribution in [-0.2, 0) is 14.2 Å². The minimum Gasteiger partial charge on any atom is -0.472 e. The van der Waals surface area contributed by atoms with Crippen LogP contribution in [-0.4, -0.2) is 96.7 Å². The van der Waals surface area contributed by atoms with Crippen LogP contribution in [0.4, 0.5) is 0 Å². The summed E-state index contributed by atoms with van der Waals surface area (Å²) in [6.45, 7) is 2.34. The van der Waals surface area contributed by atoms with Gasteiger partial charge >= 0.3 is 0 Å². The Morgan fingerprint density at radius 3 is 2.38 bits per heavy atom. The number of ether oxygens (including phenoxy) is 3. The first-order valence-electron chi connectivity index (χ1n) is 8.45. The van der Waals surface area contributed by atoms with Crippen LogP contribution >= 0.6 is 0 Å². The highest BCUT2D eigenvalue weighted by Gasteiger charge is 2.66. The molecule has 1 saturated carbocycles. The number of rotatable bonds is 3. The maximum absolute atomic E-state index is 11.0. The average Bonchev–Trinajstić information content (AvgIpc) is 2.77. The summed E-state index contributed by atoms with van der Waals surface area (Å²) in [6, 6.07) is 0. The fourth-order valence-corrected chi connectivity index (χ4v) is 4.13. The molecule has 2 heterocycles. The molecular formula is C16H26O10. The summed E-state index contributed by atoms with van der Waals surface area (Å²) in [6.07, 6.45) is -9.04. The molecular weight excluding hydrogens is 352 g/mol. The molecule has 26 heavy (non-hydrogen) atoms. The van der Waals surface area contributed by atoms with Gasteiger partial charge in [0, 0.05) is 6.42 Å². The first-order valence-corrected chi connectivity index (χ1v) is 8.45. The van der Waals surface area contributed by atoms with Crippen molar-refractivity contribution in [1.29, 1.82) is 0 Å². The average molecular weight is 378 g/mol. The van der Waals surface area contributed by atoms with E-state index in [0.717, 1.165) is 0 Å². The van der Waals surface area contributed by atoms with Gasteiger partial charge in [0.25, 0.3) is 0 Å². The fraction of sp³-hybridized carbons (Fsp3) is 0.875. The Kier molecular flexibility index (Phi) is 5.10. The van der Waals surface area contributed by atoms with E-state index < -0.39 is 66.8 Å². The third-order valence-electron chi connectivity index (χ3n) is 5.66. The molecule has 3 rings (SSSR count). The molecule has 2 fully saturated rings. The summed E-state index contributed by atoms with van der Waals surface area (Å²) >= 11 is 0. The predicted octanol–water partition coefficient (Wildman–Crippen LogP) is -3.07. The van der Waals surface area contributed by atoms with E-state index in [1.165, 1.54) is 13.2 Å². The van der Waals surface area contributed by atoms with Crippen molar-refractivity contribution < 1.29 is 50.0 Å². The molecule has 1 aliphatic carbocycles. The topological polar surface area (TPSA) is 169 Å². The maximum atomic E-state index is 11.0. The normalized spacial score (nSPS) is 54.4. The second kappa shape index (κ2) is 6.66. The first kappa shape index (κ1) is 19.9. The van der Waals surface area contributed by atoms with Crippen molar-refractivity contribution in [3.05, 3.63) is 11.8 Å². The van der Waals surface area contributed by atoms with Gasteiger partial charge in [0.1, 0.15) is 30.0 Å². The minimum atomic E-state index is -1.81. The van der Waals surface area contributed by atoms with Gasteiger partial charge in [0.2, 0.25) is 6.29 Å². The van der Waals surface area contributed by atoms with E-state index in [1.54, 1.807) is 6.92 Å². The Hall–Kier alpha value is -0.820. The van der Waals surface area contributed by atoms with Gasteiger partial charge in [-0.25, -0.2) is 0 Å². The van der Waals surface area contributed by atoms with Gasteiger partial charge < -0.3 is 50.0 Å². The second-order valence-electron chi connectivity index (χ2n) is 7.52. The Balaban J connectivity index is 1.85. The lowest BCUT2D eigenvalue weighted by atomic mass is 9.77. The van der Waals surface area contributed by atoms with Gasteiger partial charge in [-0.05, 0) is 19.4 Å². The van der Waals surface area contributed by atoms with Gasteiger partial charge in [-0.2, -0.15) is 0 Å². The van der Waals surface area contributed by atoms with Gasteiger partial charge in [-0.15, -0.1) is 0 Å². The molecule has 0 aromatic carbocycles. The lowest BCUT2D eigenvalue weighted by molar-refractivity contribution is -0.352.